The molecule has 2 aromatic rings. The number of amides is 1. The predicted octanol–water partition coefficient (Wildman–Crippen LogP) is 0.229. The van der Waals surface area contributed by atoms with Gasteiger partial charge in [0.15, 0.2) is 0 Å². The number of β-amino-alcohol motifs (C(OH)–C–C–N with tert-alkyl or cyclic N) is 1. The van der Waals surface area contributed by atoms with E-state index in [1.165, 1.54) is 18.6 Å². The van der Waals surface area contributed by atoms with E-state index >= 15 is 0 Å². The molecular weight excluding hydrogens is 308 g/mol. The summed E-state index contributed by atoms with van der Waals surface area (Å²) in [5.41, 5.74) is 0.249. The van der Waals surface area contributed by atoms with Crippen molar-refractivity contribution in [2.24, 2.45) is 0 Å². The lowest BCUT2D eigenvalue weighted by molar-refractivity contribution is 0.0883. The Balaban J connectivity index is 1.60. The van der Waals surface area contributed by atoms with Crippen molar-refractivity contribution in [3.05, 3.63) is 42.5 Å². The van der Waals surface area contributed by atoms with Crippen molar-refractivity contribution in [1.82, 2.24) is 29.7 Å². The molecule has 2 atom stereocenters. The minimum absolute atomic E-state index is 0.249. The van der Waals surface area contributed by atoms with Gasteiger partial charge in [0, 0.05) is 43.9 Å². The fourth-order valence-corrected chi connectivity index (χ4v) is 2.93. The zero-order valence-corrected chi connectivity index (χ0v) is 13.8. The summed E-state index contributed by atoms with van der Waals surface area (Å²) in [6, 6.07) is 0.00384. The van der Waals surface area contributed by atoms with Crippen LogP contribution in [-0.4, -0.2) is 60.7 Å². The third-order valence-corrected chi connectivity index (χ3v) is 4.15. The third-order valence-electron chi connectivity index (χ3n) is 4.15. The molecule has 8 heteroatoms. The number of carbonyl (C=O) groups excluding carboxylic acids is 1. The predicted molar refractivity (Wildman–Crippen MR) is 87.2 cm³/mol. The molecule has 2 aromatic heterocycles. The number of aliphatic hydroxyl groups is 1. The molecular formula is C16H22N6O2. The van der Waals surface area contributed by atoms with E-state index in [1.807, 2.05) is 6.20 Å². The number of aliphatic hydroxyl groups excluding tert-OH is 1. The molecule has 0 radical (unpaired) electrons. The van der Waals surface area contributed by atoms with Crippen molar-refractivity contribution in [3.63, 3.8) is 0 Å². The van der Waals surface area contributed by atoms with Crippen LogP contribution in [0.3, 0.4) is 0 Å². The average Bonchev–Trinajstić information content (AvgIpc) is 3.15. The summed E-state index contributed by atoms with van der Waals surface area (Å²) in [6.45, 7) is 5.91. The van der Waals surface area contributed by atoms with Crippen molar-refractivity contribution in [2.45, 2.75) is 38.6 Å². The van der Waals surface area contributed by atoms with E-state index in [4.69, 9.17) is 0 Å². The number of imidazole rings is 1. The Labute approximate surface area is 140 Å². The van der Waals surface area contributed by atoms with Gasteiger partial charge in [-0.15, -0.1) is 0 Å². The smallest absolute Gasteiger partial charge is 0.271 e. The van der Waals surface area contributed by atoms with Crippen LogP contribution in [0.2, 0.25) is 0 Å². The molecule has 1 amide bonds. The lowest BCUT2D eigenvalue weighted by atomic mass is 10.2. The van der Waals surface area contributed by atoms with Gasteiger partial charge in [0.05, 0.1) is 24.9 Å². The maximum absolute atomic E-state index is 12.2. The fraction of sp³-hybridized carbons (Fsp3) is 0.500. The van der Waals surface area contributed by atoms with E-state index in [9.17, 15) is 9.90 Å². The summed E-state index contributed by atoms with van der Waals surface area (Å²) in [6.07, 6.45) is 7.52. The first-order valence-electron chi connectivity index (χ1n) is 8.03. The highest BCUT2D eigenvalue weighted by Crippen LogP contribution is 2.16. The average molecular weight is 330 g/mol. The van der Waals surface area contributed by atoms with Crippen molar-refractivity contribution >= 4 is 5.91 Å². The van der Waals surface area contributed by atoms with Gasteiger partial charge >= 0.3 is 0 Å². The van der Waals surface area contributed by atoms with E-state index in [0.29, 0.717) is 25.7 Å². The molecule has 0 spiro atoms. The van der Waals surface area contributed by atoms with Crippen molar-refractivity contribution in [3.8, 4) is 0 Å². The first-order chi connectivity index (χ1) is 11.5. The minimum atomic E-state index is -0.618. The van der Waals surface area contributed by atoms with Crippen LogP contribution in [0.4, 0.5) is 0 Å². The molecule has 1 aliphatic rings. The molecule has 0 aliphatic carbocycles. The second-order valence-electron chi connectivity index (χ2n) is 6.28. The van der Waals surface area contributed by atoms with Crippen LogP contribution in [-0.2, 0) is 6.54 Å². The van der Waals surface area contributed by atoms with E-state index in [2.05, 4.69) is 43.6 Å². The Morgan fingerprint density at radius 3 is 2.88 bits per heavy atom. The molecule has 1 saturated heterocycles. The first-order valence-corrected chi connectivity index (χ1v) is 8.03. The van der Waals surface area contributed by atoms with Crippen LogP contribution in [0, 0.1) is 0 Å². The number of likely N-dealkylation sites (tertiary alicyclic amines) is 1. The lowest BCUT2D eigenvalue weighted by Gasteiger charge is -2.18. The summed E-state index contributed by atoms with van der Waals surface area (Å²) in [4.78, 5) is 26.5. The van der Waals surface area contributed by atoms with Gasteiger partial charge in [0.2, 0.25) is 0 Å². The topological polar surface area (TPSA) is 96.2 Å². The summed E-state index contributed by atoms with van der Waals surface area (Å²) >= 11 is 0. The molecule has 3 heterocycles. The van der Waals surface area contributed by atoms with E-state index in [1.54, 1.807) is 6.20 Å². The number of nitrogens with one attached hydrogen (secondary N) is 1. The van der Waals surface area contributed by atoms with Crippen molar-refractivity contribution in [2.75, 3.05) is 13.1 Å². The maximum atomic E-state index is 12.2. The summed E-state index contributed by atoms with van der Waals surface area (Å²) in [5, 5.41) is 13.1. The minimum Gasteiger partial charge on any atom is -0.390 e. The van der Waals surface area contributed by atoms with Crippen LogP contribution >= 0.6 is 0 Å². The van der Waals surface area contributed by atoms with Gasteiger partial charge in [-0.3, -0.25) is 14.7 Å². The third kappa shape index (κ3) is 3.60. The first kappa shape index (κ1) is 16.5. The number of rotatable bonds is 5. The molecule has 1 fully saturated rings. The molecule has 24 heavy (non-hydrogen) atoms. The van der Waals surface area contributed by atoms with Gasteiger partial charge in [-0.2, -0.15) is 0 Å². The summed E-state index contributed by atoms with van der Waals surface area (Å²) < 4.78 is 2.11. The van der Waals surface area contributed by atoms with E-state index in [-0.39, 0.29) is 17.6 Å². The highest BCUT2D eigenvalue weighted by molar-refractivity contribution is 5.92. The van der Waals surface area contributed by atoms with Crippen LogP contribution in [0.15, 0.2) is 31.0 Å². The van der Waals surface area contributed by atoms with Crippen molar-refractivity contribution < 1.29 is 9.90 Å². The lowest BCUT2D eigenvalue weighted by Crippen LogP contribution is -2.43. The Morgan fingerprint density at radius 1 is 1.33 bits per heavy atom. The molecule has 2 N–H and O–H groups in total. The highest BCUT2D eigenvalue weighted by atomic mass is 16.3. The Bertz CT molecular complexity index is 687. The Morgan fingerprint density at radius 2 is 2.17 bits per heavy atom. The number of aromatic nitrogens is 4. The SMILES string of the molecule is CC(C)n1ccnc1CN1C[C@@H](O)[C@H](NC(=O)c2cnccn2)C1. The molecule has 1 aliphatic heterocycles. The molecule has 0 aromatic carbocycles. The van der Waals surface area contributed by atoms with Gasteiger partial charge in [-0.25, -0.2) is 9.97 Å². The fourth-order valence-electron chi connectivity index (χ4n) is 2.93. The van der Waals surface area contributed by atoms with Gasteiger partial charge in [-0.1, -0.05) is 0 Å². The Hall–Kier alpha value is -2.32. The molecule has 0 bridgehead atoms. The van der Waals surface area contributed by atoms with E-state index in [0.717, 1.165) is 5.82 Å². The quantitative estimate of drug-likeness (QED) is 0.815. The zero-order valence-electron chi connectivity index (χ0n) is 13.8. The summed E-state index contributed by atoms with van der Waals surface area (Å²) in [7, 11) is 0. The molecule has 3 rings (SSSR count). The van der Waals surface area contributed by atoms with Gasteiger partial charge in [-0.05, 0) is 13.8 Å². The van der Waals surface area contributed by atoms with Gasteiger partial charge in [0.25, 0.3) is 5.91 Å². The number of hydrogen-bond acceptors (Lipinski definition) is 6. The molecule has 0 saturated carbocycles. The molecule has 0 unspecified atom stereocenters. The molecule has 128 valence electrons. The van der Waals surface area contributed by atoms with Gasteiger partial charge in [0.1, 0.15) is 11.5 Å². The standard InChI is InChI=1S/C16H22N6O2/c1-11(2)22-6-5-19-15(22)10-21-8-13(14(23)9-21)20-16(24)12-7-17-3-4-18-12/h3-7,11,13-14,23H,8-10H2,1-2H3,(H,20,24)/t13-,14-/m1/s1. The van der Waals surface area contributed by atoms with Crippen LogP contribution < -0.4 is 5.32 Å². The number of carbonyl (C=O) groups is 1. The second-order valence-corrected chi connectivity index (χ2v) is 6.28. The van der Waals surface area contributed by atoms with Crippen LogP contribution in [0.25, 0.3) is 0 Å². The monoisotopic (exact) mass is 330 g/mol. The normalized spacial score (nSPS) is 21.3. The van der Waals surface area contributed by atoms with Crippen LogP contribution in [0.5, 0.6) is 0 Å². The zero-order chi connectivity index (χ0) is 17.1. The summed E-state index contributed by atoms with van der Waals surface area (Å²) in [5.74, 6) is 0.635. The molecule has 8 nitrogen and oxygen atoms in total. The highest BCUT2D eigenvalue weighted by Gasteiger charge is 2.33. The maximum Gasteiger partial charge on any atom is 0.271 e. The second kappa shape index (κ2) is 7.06. The number of nitrogens with zero attached hydrogens (tertiary/aromatic N) is 5. The van der Waals surface area contributed by atoms with E-state index < -0.39 is 6.10 Å². The largest absolute Gasteiger partial charge is 0.390 e. The van der Waals surface area contributed by atoms with Crippen LogP contribution in [0.1, 0.15) is 36.2 Å². The number of hydrogen-bond donors (Lipinski definition) is 2. The Kier molecular flexibility index (Phi) is 4.86. The van der Waals surface area contributed by atoms with Crippen molar-refractivity contribution in [1.29, 1.82) is 0 Å². The van der Waals surface area contributed by atoms with Gasteiger partial charge < -0.3 is 15.0 Å².